The van der Waals surface area contributed by atoms with E-state index in [2.05, 4.69) is 22.3 Å². The predicted molar refractivity (Wildman–Crippen MR) is 86.1 cm³/mol. The van der Waals surface area contributed by atoms with E-state index in [4.69, 9.17) is 9.26 Å². The standard InChI is InChI=1S/C17H27N3O3/c1-12-10-20(11-15-4-3-7-22-15)6-5-16(12)18-17(21)9-14-8-13(2)23-19-14/h8,12,15-16H,3-7,9-11H2,1-2H3,(H,18,21). The molecule has 2 saturated heterocycles. The van der Waals surface area contributed by atoms with Crippen molar-refractivity contribution < 1.29 is 14.1 Å². The van der Waals surface area contributed by atoms with Gasteiger partial charge in [0.15, 0.2) is 0 Å². The number of aryl methyl sites for hydroxylation is 1. The summed E-state index contributed by atoms with van der Waals surface area (Å²) in [4.78, 5) is 14.6. The van der Waals surface area contributed by atoms with Crippen molar-refractivity contribution >= 4 is 5.91 Å². The Morgan fingerprint density at radius 3 is 3.00 bits per heavy atom. The minimum absolute atomic E-state index is 0.0303. The van der Waals surface area contributed by atoms with Crippen LogP contribution in [-0.4, -0.2) is 54.4 Å². The van der Waals surface area contributed by atoms with Gasteiger partial charge in [-0.05, 0) is 32.1 Å². The summed E-state index contributed by atoms with van der Waals surface area (Å²) in [6.45, 7) is 8.04. The molecule has 0 radical (unpaired) electrons. The minimum atomic E-state index is 0.0303. The summed E-state index contributed by atoms with van der Waals surface area (Å²) in [6, 6.07) is 2.06. The molecule has 2 aliphatic rings. The van der Waals surface area contributed by atoms with Crippen LogP contribution in [0.25, 0.3) is 0 Å². The molecule has 1 amide bonds. The number of ether oxygens (including phenoxy) is 1. The third-order valence-electron chi connectivity index (χ3n) is 4.84. The van der Waals surface area contributed by atoms with Crippen LogP contribution in [0.5, 0.6) is 0 Å². The molecule has 2 fully saturated rings. The van der Waals surface area contributed by atoms with Gasteiger partial charge in [0.1, 0.15) is 5.76 Å². The molecular weight excluding hydrogens is 294 g/mol. The summed E-state index contributed by atoms with van der Waals surface area (Å²) < 4.78 is 10.7. The first kappa shape index (κ1) is 16.5. The lowest BCUT2D eigenvalue weighted by molar-refractivity contribution is -0.122. The fourth-order valence-corrected chi connectivity index (χ4v) is 3.61. The van der Waals surface area contributed by atoms with Gasteiger partial charge in [-0.2, -0.15) is 0 Å². The van der Waals surface area contributed by atoms with E-state index in [1.54, 1.807) is 0 Å². The highest BCUT2D eigenvalue weighted by Crippen LogP contribution is 2.20. The van der Waals surface area contributed by atoms with Crippen molar-refractivity contribution in [3.63, 3.8) is 0 Å². The highest BCUT2D eigenvalue weighted by molar-refractivity contribution is 5.78. The van der Waals surface area contributed by atoms with E-state index in [9.17, 15) is 4.79 Å². The first-order valence-corrected chi connectivity index (χ1v) is 8.65. The molecule has 0 saturated carbocycles. The second kappa shape index (κ2) is 7.45. The van der Waals surface area contributed by atoms with Gasteiger partial charge in [-0.15, -0.1) is 0 Å². The predicted octanol–water partition coefficient (Wildman–Crippen LogP) is 1.53. The number of piperidine rings is 1. The highest BCUT2D eigenvalue weighted by atomic mass is 16.5. The van der Waals surface area contributed by atoms with Crippen LogP contribution in [0.3, 0.4) is 0 Å². The van der Waals surface area contributed by atoms with E-state index in [1.807, 2.05) is 13.0 Å². The molecule has 128 valence electrons. The van der Waals surface area contributed by atoms with Gasteiger partial charge < -0.3 is 19.5 Å². The Morgan fingerprint density at radius 1 is 1.48 bits per heavy atom. The molecule has 0 aromatic carbocycles. The molecule has 1 aromatic rings. The topological polar surface area (TPSA) is 67.6 Å². The maximum atomic E-state index is 12.2. The molecule has 2 aliphatic heterocycles. The summed E-state index contributed by atoms with van der Waals surface area (Å²) >= 11 is 0. The maximum Gasteiger partial charge on any atom is 0.226 e. The molecule has 3 atom stereocenters. The fourth-order valence-electron chi connectivity index (χ4n) is 3.61. The maximum absolute atomic E-state index is 12.2. The number of nitrogens with one attached hydrogen (secondary N) is 1. The summed E-state index contributed by atoms with van der Waals surface area (Å²) in [5.41, 5.74) is 0.698. The number of likely N-dealkylation sites (tertiary alicyclic amines) is 1. The molecule has 0 bridgehead atoms. The number of nitrogens with zero attached hydrogens (tertiary/aromatic N) is 2. The van der Waals surface area contributed by atoms with Crippen molar-refractivity contribution in [3.05, 3.63) is 17.5 Å². The van der Waals surface area contributed by atoms with Crippen molar-refractivity contribution in [2.24, 2.45) is 5.92 Å². The number of carbonyl (C=O) groups is 1. The van der Waals surface area contributed by atoms with Crippen LogP contribution in [0.2, 0.25) is 0 Å². The molecule has 3 rings (SSSR count). The van der Waals surface area contributed by atoms with Gasteiger partial charge in [0.05, 0.1) is 18.2 Å². The number of hydrogen-bond donors (Lipinski definition) is 1. The van der Waals surface area contributed by atoms with Gasteiger partial charge in [-0.1, -0.05) is 12.1 Å². The van der Waals surface area contributed by atoms with E-state index in [-0.39, 0.29) is 11.9 Å². The monoisotopic (exact) mass is 321 g/mol. The first-order chi connectivity index (χ1) is 11.1. The van der Waals surface area contributed by atoms with Crippen LogP contribution in [0, 0.1) is 12.8 Å². The smallest absolute Gasteiger partial charge is 0.226 e. The quantitative estimate of drug-likeness (QED) is 0.891. The van der Waals surface area contributed by atoms with E-state index in [0.29, 0.717) is 24.1 Å². The number of amides is 1. The number of carbonyl (C=O) groups excluding carboxylic acids is 1. The van der Waals surface area contributed by atoms with Crippen LogP contribution >= 0.6 is 0 Å². The SMILES string of the molecule is Cc1cc(CC(=O)NC2CCN(CC3CCCO3)CC2C)no1. The van der Waals surface area contributed by atoms with Gasteiger partial charge in [-0.3, -0.25) is 4.79 Å². The largest absolute Gasteiger partial charge is 0.377 e. The van der Waals surface area contributed by atoms with Gasteiger partial charge in [-0.25, -0.2) is 0 Å². The van der Waals surface area contributed by atoms with Crippen LogP contribution in [0.4, 0.5) is 0 Å². The summed E-state index contributed by atoms with van der Waals surface area (Å²) in [7, 11) is 0. The normalized spacial score (nSPS) is 28.9. The third kappa shape index (κ3) is 4.54. The highest BCUT2D eigenvalue weighted by Gasteiger charge is 2.29. The average Bonchev–Trinajstić information content (AvgIpc) is 3.14. The zero-order valence-electron chi connectivity index (χ0n) is 14.1. The first-order valence-electron chi connectivity index (χ1n) is 8.65. The molecule has 6 nitrogen and oxygen atoms in total. The van der Waals surface area contributed by atoms with Crippen molar-refractivity contribution in [1.82, 2.24) is 15.4 Å². The molecule has 0 spiro atoms. The fraction of sp³-hybridized carbons (Fsp3) is 0.765. The van der Waals surface area contributed by atoms with Gasteiger partial charge in [0, 0.05) is 38.3 Å². The van der Waals surface area contributed by atoms with Gasteiger partial charge in [0.25, 0.3) is 0 Å². The number of rotatable bonds is 5. The lowest BCUT2D eigenvalue weighted by Gasteiger charge is -2.38. The number of aromatic nitrogens is 1. The summed E-state index contributed by atoms with van der Waals surface area (Å²) in [5.74, 6) is 1.22. The molecule has 1 N–H and O–H groups in total. The Bertz CT molecular complexity index is 525. The second-order valence-corrected chi connectivity index (χ2v) is 6.94. The van der Waals surface area contributed by atoms with Gasteiger partial charge in [0.2, 0.25) is 5.91 Å². The van der Waals surface area contributed by atoms with E-state index in [1.165, 1.54) is 12.8 Å². The Labute approximate surface area is 137 Å². The number of hydrogen-bond acceptors (Lipinski definition) is 5. The Morgan fingerprint density at radius 2 is 2.35 bits per heavy atom. The lowest BCUT2D eigenvalue weighted by atomic mass is 9.93. The van der Waals surface area contributed by atoms with Crippen LogP contribution in [0.15, 0.2) is 10.6 Å². The van der Waals surface area contributed by atoms with E-state index >= 15 is 0 Å². The summed E-state index contributed by atoms with van der Waals surface area (Å²) in [6.07, 6.45) is 4.07. The zero-order chi connectivity index (χ0) is 16.2. The third-order valence-corrected chi connectivity index (χ3v) is 4.84. The molecule has 3 unspecified atom stereocenters. The van der Waals surface area contributed by atoms with E-state index in [0.717, 1.165) is 38.4 Å². The van der Waals surface area contributed by atoms with Crippen molar-refractivity contribution in [1.29, 1.82) is 0 Å². The summed E-state index contributed by atoms with van der Waals surface area (Å²) in [5, 5.41) is 7.04. The Kier molecular flexibility index (Phi) is 5.33. The Hall–Kier alpha value is -1.40. The molecular formula is C17H27N3O3. The van der Waals surface area contributed by atoms with E-state index < -0.39 is 0 Å². The molecule has 6 heteroatoms. The molecule has 1 aromatic heterocycles. The van der Waals surface area contributed by atoms with Crippen molar-refractivity contribution in [3.8, 4) is 0 Å². The van der Waals surface area contributed by atoms with Crippen LogP contribution < -0.4 is 5.32 Å². The average molecular weight is 321 g/mol. The van der Waals surface area contributed by atoms with Crippen LogP contribution in [-0.2, 0) is 16.0 Å². The van der Waals surface area contributed by atoms with Gasteiger partial charge >= 0.3 is 0 Å². The molecule has 0 aliphatic carbocycles. The zero-order valence-corrected chi connectivity index (χ0v) is 14.1. The second-order valence-electron chi connectivity index (χ2n) is 6.94. The minimum Gasteiger partial charge on any atom is -0.377 e. The van der Waals surface area contributed by atoms with Crippen molar-refractivity contribution in [2.75, 3.05) is 26.2 Å². The van der Waals surface area contributed by atoms with Crippen LogP contribution in [0.1, 0.15) is 37.6 Å². The lowest BCUT2D eigenvalue weighted by Crippen LogP contribution is -2.51. The molecule has 3 heterocycles. The molecule has 23 heavy (non-hydrogen) atoms. The van der Waals surface area contributed by atoms with Crippen molar-refractivity contribution in [2.45, 2.75) is 51.7 Å². The Balaban J connectivity index is 1.43.